The van der Waals surface area contributed by atoms with Gasteiger partial charge in [-0.15, -0.1) is 0 Å². The number of carbonyl (C=O) groups is 1. The number of anilines is 1. The Morgan fingerprint density at radius 2 is 1.77 bits per heavy atom. The van der Waals surface area contributed by atoms with Crippen LogP contribution in [0.25, 0.3) is 5.57 Å². The number of hydrogen-bond donors (Lipinski definition) is 4. The fourth-order valence-corrected chi connectivity index (χ4v) is 13.2. The number of fused-ring (bicyclic) bond motifs is 8. The van der Waals surface area contributed by atoms with Crippen LogP contribution in [0.2, 0.25) is 0 Å². The fourth-order valence-electron chi connectivity index (χ4n) is 13.2. The summed E-state index contributed by atoms with van der Waals surface area (Å²) in [5.41, 5.74) is 12.5. The first kappa shape index (κ1) is 32.6. The SMILES string of the molecule is CC1(C)CC[C@]2(C(=O)O)CC[C@]3(C)C(=C(c4ccoc4CN4CCNCC4)CC4[C@@]5(C)Cc6c(N)n[nH]c6C(C)(C)[C@@H]5CC[C@]43C)[C@@H]2C1. The highest BCUT2D eigenvalue weighted by Gasteiger charge is 2.70. The number of nitrogens with one attached hydrogen (secondary N) is 2. The maximum absolute atomic E-state index is 13.5. The summed E-state index contributed by atoms with van der Waals surface area (Å²) in [6.45, 7) is 22.1. The van der Waals surface area contributed by atoms with Crippen LogP contribution in [-0.2, 0) is 23.2 Å². The smallest absolute Gasteiger partial charge is 0.310 e. The lowest BCUT2D eigenvalue weighted by molar-refractivity contribution is -0.175. The molecule has 3 heterocycles. The van der Waals surface area contributed by atoms with Crippen LogP contribution in [0, 0.1) is 44.8 Å². The van der Waals surface area contributed by atoms with Crippen LogP contribution in [0.3, 0.4) is 0 Å². The second-order valence-corrected chi connectivity index (χ2v) is 19.0. The van der Waals surface area contributed by atoms with E-state index in [0.717, 1.165) is 96.3 Å². The standard InChI is InChI=1S/C40H59N5O3/c1-35(2)11-13-40(34(46)47)14-12-39(7)31(27(40)22-35)25(24-9-19-48-28(24)23-45-17-15-42-16-18-45)20-30-37(5)21-26-32(43-44-33(26)41)36(3,4)29(37)8-10-38(30,39)6/h9,19,27,29-30,42H,8,10-18,20-23H2,1-7H3,(H,46,47)(H3,41,43,44)/t27-,29-,30?,37-,38+,39+,40-/m0/s1. The number of carboxylic acids is 1. The number of nitrogens with zero attached hydrogens (tertiary/aromatic N) is 2. The maximum atomic E-state index is 13.5. The van der Waals surface area contributed by atoms with E-state index in [-0.39, 0.29) is 33.0 Å². The molecule has 0 spiro atoms. The minimum atomic E-state index is -0.699. The quantitative estimate of drug-likeness (QED) is 0.270. The molecule has 2 aromatic rings. The van der Waals surface area contributed by atoms with E-state index in [2.05, 4.69) is 74.9 Å². The highest BCUT2D eigenvalue weighted by molar-refractivity contribution is 5.80. The van der Waals surface area contributed by atoms with Gasteiger partial charge in [-0.05, 0) is 109 Å². The van der Waals surface area contributed by atoms with Gasteiger partial charge in [0.2, 0.25) is 0 Å². The van der Waals surface area contributed by atoms with Crippen LogP contribution in [-0.4, -0.2) is 52.4 Å². The molecule has 4 fully saturated rings. The van der Waals surface area contributed by atoms with Crippen molar-refractivity contribution in [3.8, 4) is 0 Å². The number of nitrogens with two attached hydrogens (primary N) is 1. The number of piperazine rings is 1. The molecular weight excluding hydrogens is 598 g/mol. The van der Waals surface area contributed by atoms with Gasteiger partial charge >= 0.3 is 5.97 Å². The van der Waals surface area contributed by atoms with E-state index >= 15 is 0 Å². The molecule has 0 bridgehead atoms. The Bertz CT molecular complexity index is 1660. The molecule has 0 amide bonds. The van der Waals surface area contributed by atoms with Crippen LogP contribution < -0.4 is 11.1 Å². The zero-order chi connectivity index (χ0) is 34.1. The van der Waals surface area contributed by atoms with Crippen LogP contribution in [0.1, 0.15) is 122 Å². The van der Waals surface area contributed by atoms with Crippen molar-refractivity contribution >= 4 is 17.4 Å². The van der Waals surface area contributed by atoms with Crippen molar-refractivity contribution in [1.82, 2.24) is 20.4 Å². The lowest BCUT2D eigenvalue weighted by atomic mass is 9.33. The number of carboxylic acid groups (broad SMARTS) is 1. The lowest BCUT2D eigenvalue weighted by Crippen LogP contribution is -2.65. The average molecular weight is 658 g/mol. The van der Waals surface area contributed by atoms with E-state index in [1.54, 1.807) is 0 Å². The summed E-state index contributed by atoms with van der Waals surface area (Å²) in [5.74, 6) is 2.05. The summed E-state index contributed by atoms with van der Waals surface area (Å²) in [6, 6.07) is 2.23. The van der Waals surface area contributed by atoms with E-state index in [4.69, 9.17) is 10.2 Å². The molecule has 3 saturated carbocycles. The van der Waals surface area contributed by atoms with Crippen LogP contribution in [0.5, 0.6) is 0 Å². The summed E-state index contributed by atoms with van der Waals surface area (Å²) in [7, 11) is 0. The zero-order valence-electron chi connectivity index (χ0n) is 30.5. The molecule has 8 nitrogen and oxygen atoms in total. The van der Waals surface area contributed by atoms with Crippen LogP contribution >= 0.6 is 0 Å². The Morgan fingerprint density at radius 3 is 2.50 bits per heavy atom. The molecule has 1 unspecified atom stereocenters. The number of H-pyrrole nitrogens is 1. The summed E-state index contributed by atoms with van der Waals surface area (Å²) in [4.78, 5) is 16.1. The average Bonchev–Trinajstić information content (AvgIpc) is 3.63. The van der Waals surface area contributed by atoms with E-state index in [1.165, 1.54) is 28.0 Å². The number of hydrogen-bond acceptors (Lipinski definition) is 6. The molecule has 1 saturated heterocycles. The molecular formula is C40H59N5O3. The highest BCUT2D eigenvalue weighted by atomic mass is 16.4. The van der Waals surface area contributed by atoms with Gasteiger partial charge in [0, 0.05) is 48.4 Å². The van der Waals surface area contributed by atoms with Gasteiger partial charge in [0.15, 0.2) is 0 Å². The van der Waals surface area contributed by atoms with Gasteiger partial charge in [0.1, 0.15) is 11.6 Å². The molecule has 1 aliphatic heterocycles. The van der Waals surface area contributed by atoms with Gasteiger partial charge in [-0.2, -0.15) is 5.10 Å². The Hall–Kier alpha value is -2.58. The largest absolute Gasteiger partial charge is 0.481 e. The van der Waals surface area contributed by atoms with Crippen LogP contribution in [0.15, 0.2) is 22.3 Å². The molecule has 7 atom stereocenters. The minimum Gasteiger partial charge on any atom is -0.481 e. The molecule has 262 valence electrons. The van der Waals surface area contributed by atoms with Gasteiger partial charge in [-0.1, -0.05) is 54.0 Å². The van der Waals surface area contributed by atoms with Crippen molar-refractivity contribution in [2.75, 3.05) is 31.9 Å². The van der Waals surface area contributed by atoms with Crippen molar-refractivity contribution < 1.29 is 14.3 Å². The molecule has 0 aromatic carbocycles. The first-order valence-electron chi connectivity index (χ1n) is 18.9. The fraction of sp³-hybridized carbons (Fsp3) is 0.750. The molecule has 5 aliphatic carbocycles. The van der Waals surface area contributed by atoms with Crippen molar-refractivity contribution in [3.63, 3.8) is 0 Å². The highest BCUT2D eigenvalue weighted by Crippen LogP contribution is 2.77. The van der Waals surface area contributed by atoms with Crippen LogP contribution in [0.4, 0.5) is 5.82 Å². The second kappa shape index (κ2) is 10.5. The lowest BCUT2D eigenvalue weighted by Gasteiger charge is -2.71. The predicted molar refractivity (Wildman–Crippen MR) is 189 cm³/mol. The van der Waals surface area contributed by atoms with Crippen molar-refractivity contribution in [2.45, 2.75) is 118 Å². The summed E-state index contributed by atoms with van der Waals surface area (Å²) < 4.78 is 6.42. The normalized spacial score (nSPS) is 40.3. The summed E-state index contributed by atoms with van der Waals surface area (Å²) in [6.07, 6.45) is 10.5. The van der Waals surface area contributed by atoms with Gasteiger partial charge in [-0.3, -0.25) is 14.8 Å². The number of aromatic nitrogens is 2. The molecule has 48 heavy (non-hydrogen) atoms. The van der Waals surface area contributed by atoms with Crippen molar-refractivity contribution in [1.29, 1.82) is 0 Å². The first-order chi connectivity index (χ1) is 22.6. The minimum absolute atomic E-state index is 0.0108. The predicted octanol–water partition coefficient (Wildman–Crippen LogP) is 7.42. The number of nitrogen functional groups attached to an aromatic ring is 1. The van der Waals surface area contributed by atoms with Gasteiger partial charge in [0.05, 0.1) is 18.2 Å². The Morgan fingerprint density at radius 1 is 1.04 bits per heavy atom. The van der Waals surface area contributed by atoms with E-state index in [9.17, 15) is 9.90 Å². The summed E-state index contributed by atoms with van der Waals surface area (Å²) in [5, 5.41) is 22.6. The van der Waals surface area contributed by atoms with E-state index in [1.807, 2.05) is 6.26 Å². The first-order valence-corrected chi connectivity index (χ1v) is 18.9. The topological polar surface area (TPSA) is 120 Å². The Balaban J connectivity index is 1.35. The maximum Gasteiger partial charge on any atom is 0.310 e. The van der Waals surface area contributed by atoms with Crippen molar-refractivity contribution in [3.05, 3.63) is 40.5 Å². The molecule has 0 radical (unpaired) electrons. The molecule has 5 N–H and O–H groups in total. The molecule has 8 heteroatoms. The third-order valence-corrected chi connectivity index (χ3v) is 16.0. The Labute approximate surface area is 287 Å². The number of allylic oxidation sites excluding steroid dienone is 2. The van der Waals surface area contributed by atoms with Gasteiger partial charge < -0.3 is 20.6 Å². The third kappa shape index (κ3) is 4.26. The number of aliphatic carboxylic acids is 1. The third-order valence-electron chi connectivity index (χ3n) is 16.0. The number of aromatic amines is 1. The molecule has 2 aromatic heterocycles. The van der Waals surface area contributed by atoms with Crippen molar-refractivity contribution in [2.24, 2.45) is 44.8 Å². The second-order valence-electron chi connectivity index (χ2n) is 19.0. The van der Waals surface area contributed by atoms with E-state index in [0.29, 0.717) is 17.7 Å². The monoisotopic (exact) mass is 657 g/mol. The molecule has 8 rings (SSSR count). The molecule has 6 aliphatic rings. The van der Waals surface area contributed by atoms with E-state index < -0.39 is 11.4 Å². The van der Waals surface area contributed by atoms with Gasteiger partial charge in [-0.25, -0.2) is 0 Å². The zero-order valence-corrected chi connectivity index (χ0v) is 30.5. The number of furan rings is 1. The van der Waals surface area contributed by atoms with Gasteiger partial charge in [0.25, 0.3) is 0 Å². The Kier molecular flexibility index (Phi) is 7.12. The number of rotatable bonds is 4. The summed E-state index contributed by atoms with van der Waals surface area (Å²) >= 11 is 0.